The van der Waals surface area contributed by atoms with Crippen molar-refractivity contribution in [3.63, 3.8) is 0 Å². The van der Waals surface area contributed by atoms with Crippen molar-refractivity contribution >= 4 is 0 Å². The zero-order valence-corrected chi connectivity index (χ0v) is 11.4. The van der Waals surface area contributed by atoms with Crippen molar-refractivity contribution in [1.29, 1.82) is 0 Å². The lowest BCUT2D eigenvalue weighted by Gasteiger charge is -2.04. The normalized spacial score (nSPS) is 10.6. The number of nitrogens with zero attached hydrogens (tertiary/aromatic N) is 1. The van der Waals surface area contributed by atoms with Crippen LogP contribution in [-0.2, 0) is 6.42 Å². The van der Waals surface area contributed by atoms with E-state index in [2.05, 4.69) is 24.0 Å². The van der Waals surface area contributed by atoms with Crippen molar-refractivity contribution in [2.24, 2.45) is 0 Å². The highest BCUT2D eigenvalue weighted by atomic mass is 19.1. The summed E-state index contributed by atoms with van der Waals surface area (Å²) < 4.78 is 13.1. The Hall–Kier alpha value is -1.70. The molecule has 2 heteroatoms. The van der Waals surface area contributed by atoms with Crippen molar-refractivity contribution < 1.29 is 4.39 Å². The van der Waals surface area contributed by atoms with Crippen molar-refractivity contribution in [2.45, 2.75) is 39.0 Å². The standard InChI is InChI=1S/C17H20FN/c1-2-3-4-5-7-14-10-12-15(13-11-14)16-8-6-9-17(18)19-16/h6,8-13H,2-5,7H2,1H3. The van der Waals surface area contributed by atoms with Gasteiger partial charge in [0.2, 0.25) is 5.95 Å². The van der Waals surface area contributed by atoms with Gasteiger partial charge in [0, 0.05) is 5.56 Å². The Bertz CT molecular complexity index is 505. The van der Waals surface area contributed by atoms with E-state index in [1.54, 1.807) is 6.07 Å². The minimum absolute atomic E-state index is 0.429. The molecule has 19 heavy (non-hydrogen) atoms. The van der Waals surface area contributed by atoms with Crippen LogP contribution in [0.5, 0.6) is 0 Å². The van der Waals surface area contributed by atoms with E-state index in [4.69, 9.17) is 0 Å². The Morgan fingerprint density at radius 2 is 1.74 bits per heavy atom. The van der Waals surface area contributed by atoms with E-state index >= 15 is 0 Å². The van der Waals surface area contributed by atoms with Crippen LogP contribution in [0.25, 0.3) is 11.3 Å². The van der Waals surface area contributed by atoms with Crippen LogP contribution < -0.4 is 0 Å². The molecule has 1 heterocycles. The highest BCUT2D eigenvalue weighted by Crippen LogP contribution is 2.18. The van der Waals surface area contributed by atoms with Gasteiger partial charge in [0.15, 0.2) is 0 Å². The number of aromatic nitrogens is 1. The molecule has 1 aromatic carbocycles. The summed E-state index contributed by atoms with van der Waals surface area (Å²) in [7, 11) is 0. The summed E-state index contributed by atoms with van der Waals surface area (Å²) in [4.78, 5) is 3.89. The van der Waals surface area contributed by atoms with Crippen molar-refractivity contribution in [2.75, 3.05) is 0 Å². The highest BCUT2D eigenvalue weighted by molar-refractivity contribution is 5.59. The predicted octanol–water partition coefficient (Wildman–Crippen LogP) is 5.01. The number of hydrogen-bond acceptors (Lipinski definition) is 1. The molecule has 0 saturated carbocycles. The molecule has 1 nitrogen and oxygen atoms in total. The molecule has 1 aromatic heterocycles. The van der Waals surface area contributed by atoms with Gasteiger partial charge in [0.1, 0.15) is 0 Å². The van der Waals surface area contributed by atoms with Gasteiger partial charge < -0.3 is 0 Å². The lowest BCUT2D eigenvalue weighted by Crippen LogP contribution is -1.89. The molecular formula is C17H20FN. The van der Waals surface area contributed by atoms with Crippen LogP contribution in [0.2, 0.25) is 0 Å². The number of hydrogen-bond donors (Lipinski definition) is 0. The summed E-state index contributed by atoms with van der Waals surface area (Å²) in [5.41, 5.74) is 3.01. The van der Waals surface area contributed by atoms with Crippen LogP contribution in [-0.4, -0.2) is 4.98 Å². The maximum Gasteiger partial charge on any atom is 0.213 e. The fraction of sp³-hybridized carbons (Fsp3) is 0.353. The maximum atomic E-state index is 13.1. The summed E-state index contributed by atoms with van der Waals surface area (Å²) in [6.45, 7) is 2.22. The van der Waals surface area contributed by atoms with Crippen LogP contribution in [0.15, 0.2) is 42.5 Å². The second-order valence-electron chi connectivity index (χ2n) is 4.85. The molecular weight excluding hydrogens is 237 g/mol. The van der Waals surface area contributed by atoms with E-state index in [0.29, 0.717) is 5.69 Å². The number of benzene rings is 1. The lowest BCUT2D eigenvalue weighted by molar-refractivity contribution is 0.585. The molecule has 0 amide bonds. The van der Waals surface area contributed by atoms with E-state index in [1.165, 1.54) is 37.3 Å². The Labute approximate surface area is 114 Å². The number of unbranched alkanes of at least 4 members (excludes halogenated alkanes) is 3. The lowest BCUT2D eigenvalue weighted by atomic mass is 10.0. The van der Waals surface area contributed by atoms with Crippen LogP contribution in [0.3, 0.4) is 0 Å². The van der Waals surface area contributed by atoms with Gasteiger partial charge >= 0.3 is 0 Å². The second kappa shape index (κ2) is 7.03. The van der Waals surface area contributed by atoms with Crippen LogP contribution in [0.4, 0.5) is 4.39 Å². The number of halogens is 1. The first-order valence-corrected chi connectivity index (χ1v) is 7.01. The van der Waals surface area contributed by atoms with Gasteiger partial charge in [-0.25, -0.2) is 4.98 Å². The Kier molecular flexibility index (Phi) is 5.08. The molecule has 0 bridgehead atoms. The molecule has 0 atom stereocenters. The third-order valence-corrected chi connectivity index (χ3v) is 3.28. The molecule has 0 aliphatic rings. The average molecular weight is 257 g/mol. The largest absolute Gasteiger partial charge is 0.220 e. The van der Waals surface area contributed by atoms with Gasteiger partial charge in [-0.15, -0.1) is 0 Å². The van der Waals surface area contributed by atoms with Crippen molar-refractivity contribution in [1.82, 2.24) is 4.98 Å². The van der Waals surface area contributed by atoms with E-state index in [9.17, 15) is 4.39 Å². The molecule has 2 aromatic rings. The summed E-state index contributed by atoms with van der Waals surface area (Å²) in [6.07, 6.45) is 6.24. The molecule has 0 fully saturated rings. The molecule has 0 spiro atoms. The van der Waals surface area contributed by atoms with Crippen LogP contribution >= 0.6 is 0 Å². The van der Waals surface area contributed by atoms with Crippen LogP contribution in [0, 0.1) is 5.95 Å². The first-order chi connectivity index (χ1) is 9.29. The Balaban J connectivity index is 1.98. The fourth-order valence-corrected chi connectivity index (χ4v) is 2.17. The second-order valence-corrected chi connectivity index (χ2v) is 4.85. The number of pyridine rings is 1. The summed E-state index contributed by atoms with van der Waals surface area (Å²) in [5, 5.41) is 0. The zero-order valence-electron chi connectivity index (χ0n) is 11.4. The Morgan fingerprint density at radius 3 is 2.42 bits per heavy atom. The zero-order chi connectivity index (χ0) is 13.5. The van der Waals surface area contributed by atoms with Crippen LogP contribution in [0.1, 0.15) is 38.2 Å². The van der Waals surface area contributed by atoms with Gasteiger partial charge in [0.05, 0.1) is 5.69 Å². The number of aryl methyl sites for hydroxylation is 1. The van der Waals surface area contributed by atoms with Gasteiger partial charge in [0.25, 0.3) is 0 Å². The Morgan fingerprint density at radius 1 is 0.947 bits per heavy atom. The minimum Gasteiger partial charge on any atom is -0.220 e. The SMILES string of the molecule is CCCCCCc1ccc(-c2cccc(F)n2)cc1. The third-order valence-electron chi connectivity index (χ3n) is 3.28. The topological polar surface area (TPSA) is 12.9 Å². The monoisotopic (exact) mass is 257 g/mol. The highest BCUT2D eigenvalue weighted by Gasteiger charge is 2.01. The summed E-state index contributed by atoms with van der Waals surface area (Å²) in [5.74, 6) is -0.429. The van der Waals surface area contributed by atoms with E-state index in [0.717, 1.165) is 12.0 Å². The predicted molar refractivity (Wildman–Crippen MR) is 77.5 cm³/mol. The smallest absolute Gasteiger partial charge is 0.213 e. The first kappa shape index (κ1) is 13.7. The molecule has 100 valence electrons. The summed E-state index contributed by atoms with van der Waals surface area (Å²) in [6, 6.07) is 13.2. The molecule has 0 N–H and O–H groups in total. The molecule has 0 saturated heterocycles. The molecule has 0 aliphatic carbocycles. The molecule has 0 unspecified atom stereocenters. The number of rotatable bonds is 6. The van der Waals surface area contributed by atoms with Gasteiger partial charge in [-0.1, -0.05) is 56.5 Å². The summed E-state index contributed by atoms with van der Waals surface area (Å²) >= 11 is 0. The third kappa shape index (κ3) is 4.16. The molecule has 2 rings (SSSR count). The van der Waals surface area contributed by atoms with Gasteiger partial charge in [-0.05, 0) is 30.5 Å². The first-order valence-electron chi connectivity index (χ1n) is 7.01. The van der Waals surface area contributed by atoms with Crippen molar-refractivity contribution in [3.8, 4) is 11.3 Å². The van der Waals surface area contributed by atoms with Crippen molar-refractivity contribution in [3.05, 3.63) is 54.0 Å². The quantitative estimate of drug-likeness (QED) is 0.523. The minimum atomic E-state index is -0.429. The average Bonchev–Trinajstić information content (AvgIpc) is 2.44. The van der Waals surface area contributed by atoms with Gasteiger partial charge in [-0.2, -0.15) is 4.39 Å². The molecule has 0 aliphatic heterocycles. The fourth-order valence-electron chi connectivity index (χ4n) is 2.17. The van der Waals surface area contributed by atoms with Gasteiger partial charge in [-0.3, -0.25) is 0 Å². The maximum absolute atomic E-state index is 13.1. The molecule has 0 radical (unpaired) electrons. The van der Waals surface area contributed by atoms with E-state index < -0.39 is 5.95 Å². The van der Waals surface area contributed by atoms with E-state index in [-0.39, 0.29) is 0 Å². The van der Waals surface area contributed by atoms with E-state index in [1.807, 2.05) is 18.2 Å².